The van der Waals surface area contributed by atoms with Crippen molar-refractivity contribution < 1.29 is 14.0 Å². The first-order chi connectivity index (χ1) is 10.4. The molecule has 1 aliphatic heterocycles. The van der Waals surface area contributed by atoms with E-state index in [1.165, 1.54) is 16.8 Å². The van der Waals surface area contributed by atoms with Crippen LogP contribution in [0.2, 0.25) is 5.02 Å². The van der Waals surface area contributed by atoms with E-state index in [0.29, 0.717) is 11.5 Å². The van der Waals surface area contributed by atoms with Crippen LogP contribution in [0.15, 0.2) is 18.2 Å². The number of nitrogens with one attached hydrogen (secondary N) is 2. The third-order valence-electron chi connectivity index (χ3n) is 3.15. The van der Waals surface area contributed by atoms with Crippen molar-refractivity contribution in [3.05, 3.63) is 34.9 Å². The van der Waals surface area contributed by atoms with E-state index in [1.807, 2.05) is 0 Å². The second-order valence-corrected chi connectivity index (χ2v) is 5.22. The first-order valence-electron chi connectivity index (χ1n) is 6.43. The molecule has 1 atom stereocenters. The van der Waals surface area contributed by atoms with Crippen LogP contribution in [-0.4, -0.2) is 26.6 Å². The Balaban J connectivity index is 1.85. The maximum atomic E-state index is 13.1. The van der Waals surface area contributed by atoms with Crippen molar-refractivity contribution in [1.29, 1.82) is 0 Å². The number of anilines is 2. The Kier molecular flexibility index (Phi) is 3.53. The Morgan fingerprint density at radius 3 is 3.05 bits per heavy atom. The van der Waals surface area contributed by atoms with E-state index in [1.54, 1.807) is 6.92 Å². The van der Waals surface area contributed by atoms with E-state index in [4.69, 9.17) is 11.6 Å². The number of hydrogen-bond donors (Lipinski definition) is 2. The minimum atomic E-state index is -0.825. The summed E-state index contributed by atoms with van der Waals surface area (Å²) in [7, 11) is 0. The molecule has 22 heavy (non-hydrogen) atoms. The average molecular weight is 324 g/mol. The van der Waals surface area contributed by atoms with Gasteiger partial charge in [-0.1, -0.05) is 11.6 Å². The lowest BCUT2D eigenvalue weighted by Gasteiger charge is -2.22. The zero-order valence-corrected chi connectivity index (χ0v) is 12.2. The van der Waals surface area contributed by atoms with Crippen molar-refractivity contribution in [1.82, 2.24) is 14.8 Å². The molecular weight excluding hydrogens is 313 g/mol. The molecule has 0 saturated carbocycles. The average Bonchev–Trinajstić information content (AvgIpc) is 2.82. The first-order valence-corrected chi connectivity index (χ1v) is 6.81. The molecule has 1 aromatic heterocycles. The molecule has 114 valence electrons. The molecule has 1 aromatic carbocycles. The van der Waals surface area contributed by atoms with Crippen molar-refractivity contribution >= 4 is 35.1 Å². The Morgan fingerprint density at radius 2 is 2.32 bits per heavy atom. The van der Waals surface area contributed by atoms with Crippen molar-refractivity contribution in [3.8, 4) is 0 Å². The second kappa shape index (κ2) is 5.38. The topological polar surface area (TPSA) is 88.9 Å². The van der Waals surface area contributed by atoms with Gasteiger partial charge in [0.1, 0.15) is 17.7 Å². The molecule has 0 fully saturated rings. The summed E-state index contributed by atoms with van der Waals surface area (Å²) in [4.78, 5) is 28.1. The maximum absolute atomic E-state index is 13.1. The molecule has 0 bridgehead atoms. The molecule has 3 rings (SSSR count). The number of fused-ring (bicyclic) bond motifs is 1. The number of aryl methyl sites for hydroxylation is 1. The molecule has 0 spiro atoms. The van der Waals surface area contributed by atoms with E-state index in [9.17, 15) is 14.0 Å². The minimum absolute atomic E-state index is 0.0590. The number of nitrogens with zero attached hydrogens (tertiary/aromatic N) is 3. The largest absolute Gasteiger partial charge is 0.324 e. The summed E-state index contributed by atoms with van der Waals surface area (Å²) in [5.74, 6) is -0.683. The second-order valence-electron chi connectivity index (χ2n) is 4.81. The molecular formula is C13H11ClFN5O2. The molecule has 0 aliphatic carbocycles. The predicted molar refractivity (Wildman–Crippen MR) is 77.1 cm³/mol. The molecule has 0 radical (unpaired) electrons. The van der Waals surface area contributed by atoms with Crippen molar-refractivity contribution in [2.75, 3.05) is 10.6 Å². The van der Waals surface area contributed by atoms with Crippen molar-refractivity contribution in [2.45, 2.75) is 19.4 Å². The number of carbonyl (C=O) groups excluding carboxylic acids is 2. The first kappa shape index (κ1) is 14.5. The fourth-order valence-corrected chi connectivity index (χ4v) is 2.35. The van der Waals surface area contributed by atoms with Gasteiger partial charge in [0.05, 0.1) is 11.4 Å². The highest BCUT2D eigenvalue weighted by atomic mass is 35.5. The monoisotopic (exact) mass is 323 g/mol. The number of halogens is 2. The zero-order valence-electron chi connectivity index (χ0n) is 11.4. The van der Waals surface area contributed by atoms with Crippen molar-refractivity contribution in [2.24, 2.45) is 0 Å². The van der Waals surface area contributed by atoms with E-state index >= 15 is 0 Å². The van der Waals surface area contributed by atoms with Crippen LogP contribution in [0.25, 0.3) is 0 Å². The summed E-state index contributed by atoms with van der Waals surface area (Å²) in [6.45, 7) is 1.66. The number of benzene rings is 1. The van der Waals surface area contributed by atoms with Gasteiger partial charge in [-0.05, 0) is 25.1 Å². The normalized spacial score (nSPS) is 16.9. The summed E-state index contributed by atoms with van der Waals surface area (Å²) in [5.41, 5.74) is 0.334. The summed E-state index contributed by atoms with van der Waals surface area (Å²) in [5, 5.41) is 9.14. The van der Waals surface area contributed by atoms with Gasteiger partial charge in [-0.15, -0.1) is 0 Å². The summed E-state index contributed by atoms with van der Waals surface area (Å²) in [6, 6.07) is 3.01. The quantitative estimate of drug-likeness (QED) is 0.883. The molecule has 7 nitrogen and oxygen atoms in total. The number of carbonyl (C=O) groups is 2. The van der Waals surface area contributed by atoms with Crippen LogP contribution in [0.3, 0.4) is 0 Å². The highest BCUT2D eigenvalue weighted by Gasteiger charge is 2.32. The third kappa shape index (κ3) is 2.64. The van der Waals surface area contributed by atoms with E-state index in [0.717, 1.165) is 6.07 Å². The van der Waals surface area contributed by atoms with Crippen LogP contribution >= 0.6 is 11.6 Å². The Morgan fingerprint density at radius 1 is 1.55 bits per heavy atom. The van der Waals surface area contributed by atoms with Gasteiger partial charge in [0.2, 0.25) is 17.8 Å². The van der Waals surface area contributed by atoms with Gasteiger partial charge in [0.15, 0.2) is 0 Å². The third-order valence-corrected chi connectivity index (χ3v) is 3.44. The van der Waals surface area contributed by atoms with Crippen LogP contribution < -0.4 is 10.6 Å². The fourth-order valence-electron chi connectivity index (χ4n) is 2.17. The lowest BCUT2D eigenvalue weighted by Crippen LogP contribution is -2.36. The Hall–Kier alpha value is -2.48. The SMILES string of the molecule is Cc1nc2n(n1)[C@@H](C(=O)Nc1ccc(F)c(Cl)c1)CC(=O)N2. The van der Waals surface area contributed by atoms with Gasteiger partial charge in [0.25, 0.3) is 0 Å². The molecule has 2 heterocycles. The molecule has 2 aromatic rings. The smallest absolute Gasteiger partial charge is 0.249 e. The van der Waals surface area contributed by atoms with Gasteiger partial charge in [0, 0.05) is 5.69 Å². The number of rotatable bonds is 2. The molecule has 1 aliphatic rings. The Bertz CT molecular complexity index is 776. The number of aromatic nitrogens is 3. The molecule has 2 N–H and O–H groups in total. The Labute approximate surface area is 129 Å². The summed E-state index contributed by atoms with van der Waals surface area (Å²) >= 11 is 5.67. The maximum Gasteiger partial charge on any atom is 0.249 e. The van der Waals surface area contributed by atoms with Gasteiger partial charge in [-0.3, -0.25) is 14.9 Å². The zero-order chi connectivity index (χ0) is 15.9. The van der Waals surface area contributed by atoms with Gasteiger partial charge in [-0.25, -0.2) is 9.07 Å². The van der Waals surface area contributed by atoms with Gasteiger partial charge >= 0.3 is 0 Å². The van der Waals surface area contributed by atoms with Gasteiger partial charge < -0.3 is 5.32 Å². The van der Waals surface area contributed by atoms with E-state index < -0.39 is 17.8 Å². The molecule has 0 unspecified atom stereocenters. The lowest BCUT2D eigenvalue weighted by atomic mass is 10.1. The fraction of sp³-hybridized carbons (Fsp3) is 0.231. The van der Waals surface area contributed by atoms with Crippen LogP contribution in [-0.2, 0) is 9.59 Å². The summed E-state index contributed by atoms with van der Waals surface area (Å²) in [6.07, 6.45) is -0.0590. The predicted octanol–water partition coefficient (Wildman–Crippen LogP) is 1.90. The van der Waals surface area contributed by atoms with Crippen LogP contribution in [0.4, 0.5) is 16.0 Å². The van der Waals surface area contributed by atoms with Crippen LogP contribution in [0, 0.1) is 12.7 Å². The van der Waals surface area contributed by atoms with Crippen molar-refractivity contribution in [3.63, 3.8) is 0 Å². The summed E-state index contributed by atoms with van der Waals surface area (Å²) < 4.78 is 14.5. The molecule has 9 heteroatoms. The molecule has 0 saturated heterocycles. The van der Waals surface area contributed by atoms with E-state index in [2.05, 4.69) is 20.7 Å². The van der Waals surface area contributed by atoms with Gasteiger partial charge in [-0.2, -0.15) is 10.1 Å². The lowest BCUT2D eigenvalue weighted by molar-refractivity contribution is -0.125. The minimum Gasteiger partial charge on any atom is -0.324 e. The standard InChI is InChI=1S/C13H11ClFN5O2/c1-6-16-13-18-11(21)5-10(20(13)19-6)12(22)17-7-2-3-9(15)8(14)4-7/h2-4,10H,5H2,1H3,(H,17,22)(H,16,18,19,21)/t10-/m1/s1. The number of amides is 2. The van der Waals surface area contributed by atoms with Crippen LogP contribution in [0.5, 0.6) is 0 Å². The highest BCUT2D eigenvalue weighted by Crippen LogP contribution is 2.25. The highest BCUT2D eigenvalue weighted by molar-refractivity contribution is 6.31. The van der Waals surface area contributed by atoms with E-state index in [-0.39, 0.29) is 23.3 Å². The molecule has 2 amide bonds. The number of hydrogen-bond acceptors (Lipinski definition) is 4. The van der Waals surface area contributed by atoms with Crippen LogP contribution in [0.1, 0.15) is 18.3 Å².